The number of amides is 2. The minimum Gasteiger partial charge on any atom is -0.286 e. The van der Waals surface area contributed by atoms with Crippen molar-refractivity contribution in [2.75, 3.05) is 9.80 Å². The van der Waals surface area contributed by atoms with E-state index in [0.717, 1.165) is 22.5 Å². The Morgan fingerprint density at radius 2 is 1.60 bits per heavy atom. The van der Waals surface area contributed by atoms with Gasteiger partial charge in [-0.05, 0) is 74.9 Å². The van der Waals surface area contributed by atoms with Crippen molar-refractivity contribution in [3.63, 3.8) is 0 Å². The Balaban J connectivity index is 1.89. The van der Waals surface area contributed by atoms with Gasteiger partial charge in [-0.1, -0.05) is 41.4 Å². The molecule has 3 aromatic carbocycles. The second kappa shape index (κ2) is 7.51. The Hall–Kier alpha value is -3.29. The summed E-state index contributed by atoms with van der Waals surface area (Å²) >= 11 is 6.10. The average Bonchev–Trinajstić information content (AvgIpc) is 2.94. The Kier molecular flexibility index (Phi) is 5.01. The molecule has 0 N–H and O–H groups in total. The lowest BCUT2D eigenvalue weighted by Crippen LogP contribution is -2.43. The van der Waals surface area contributed by atoms with Gasteiger partial charge >= 0.3 is 6.03 Å². The number of hydrogen-bond acceptors (Lipinski definition) is 2. The molecule has 0 bridgehead atoms. The van der Waals surface area contributed by atoms with Crippen molar-refractivity contribution >= 4 is 29.0 Å². The van der Waals surface area contributed by atoms with Crippen LogP contribution in [0.25, 0.3) is 0 Å². The SMILES string of the molecule is Cc1cccc([C@H]2N(c3ccc(Cl)cc3)C(=O)N(c3ccc(C#N)cc3)C2(C)C)c1. The van der Waals surface area contributed by atoms with Crippen molar-refractivity contribution in [2.45, 2.75) is 32.4 Å². The quantitative estimate of drug-likeness (QED) is 0.491. The van der Waals surface area contributed by atoms with Crippen molar-refractivity contribution in [1.82, 2.24) is 0 Å². The first-order valence-corrected chi connectivity index (χ1v) is 10.2. The molecule has 0 spiro atoms. The van der Waals surface area contributed by atoms with E-state index in [1.807, 2.05) is 40.1 Å². The summed E-state index contributed by atoms with van der Waals surface area (Å²) in [5.74, 6) is 0. The molecule has 30 heavy (non-hydrogen) atoms. The number of anilines is 2. The van der Waals surface area contributed by atoms with E-state index < -0.39 is 5.54 Å². The second-order valence-corrected chi connectivity index (χ2v) is 8.53. The molecule has 0 saturated carbocycles. The summed E-state index contributed by atoms with van der Waals surface area (Å²) in [5.41, 5.74) is 3.79. The van der Waals surface area contributed by atoms with E-state index in [4.69, 9.17) is 16.9 Å². The third-order valence-electron chi connectivity index (χ3n) is 5.62. The van der Waals surface area contributed by atoms with Gasteiger partial charge in [0, 0.05) is 16.4 Å². The standard InChI is InChI=1S/C25H22ClN3O/c1-17-5-4-6-19(15-17)23-25(2,3)29(22-11-7-18(16-27)8-12-22)24(30)28(23)21-13-9-20(26)10-14-21/h4-15,23H,1-3H3/t23-/m1/s1. The molecule has 0 unspecified atom stereocenters. The highest BCUT2D eigenvalue weighted by Crippen LogP contribution is 2.47. The van der Waals surface area contributed by atoms with E-state index in [1.54, 1.807) is 24.3 Å². The largest absolute Gasteiger partial charge is 0.330 e. The molecular weight excluding hydrogens is 394 g/mol. The van der Waals surface area contributed by atoms with Crippen LogP contribution in [0.1, 0.15) is 36.6 Å². The second-order valence-electron chi connectivity index (χ2n) is 8.09. The smallest absolute Gasteiger partial charge is 0.286 e. The van der Waals surface area contributed by atoms with Crippen molar-refractivity contribution in [1.29, 1.82) is 5.26 Å². The van der Waals surface area contributed by atoms with Crippen LogP contribution in [0, 0.1) is 18.3 Å². The molecule has 1 saturated heterocycles. The third-order valence-corrected chi connectivity index (χ3v) is 5.87. The van der Waals surface area contributed by atoms with E-state index in [-0.39, 0.29) is 12.1 Å². The van der Waals surface area contributed by atoms with Gasteiger partial charge in [-0.25, -0.2) is 4.79 Å². The summed E-state index contributed by atoms with van der Waals surface area (Å²) in [6.45, 7) is 6.20. The van der Waals surface area contributed by atoms with Gasteiger partial charge in [0.25, 0.3) is 0 Å². The molecule has 150 valence electrons. The molecule has 1 aliphatic rings. The fourth-order valence-electron chi connectivity index (χ4n) is 4.29. The Labute approximate surface area is 181 Å². The van der Waals surface area contributed by atoms with Gasteiger partial charge in [-0.3, -0.25) is 9.80 Å². The molecule has 5 heteroatoms. The minimum absolute atomic E-state index is 0.112. The number of nitrogens with zero attached hydrogens (tertiary/aromatic N) is 3. The molecular formula is C25H22ClN3O. The summed E-state index contributed by atoms with van der Waals surface area (Å²) in [6.07, 6.45) is 0. The van der Waals surface area contributed by atoms with Gasteiger partial charge in [0.05, 0.1) is 23.2 Å². The molecule has 3 aromatic rings. The van der Waals surface area contributed by atoms with Gasteiger partial charge in [-0.2, -0.15) is 5.26 Å². The van der Waals surface area contributed by atoms with Crippen LogP contribution in [0.4, 0.5) is 16.2 Å². The minimum atomic E-state index is -0.543. The molecule has 0 aliphatic carbocycles. The maximum atomic E-state index is 13.8. The molecule has 0 aromatic heterocycles. The molecule has 0 radical (unpaired) electrons. The van der Waals surface area contributed by atoms with Crippen LogP contribution in [-0.2, 0) is 0 Å². The average molecular weight is 416 g/mol. The molecule has 1 atom stereocenters. The topological polar surface area (TPSA) is 47.3 Å². The van der Waals surface area contributed by atoms with E-state index in [1.165, 1.54) is 0 Å². The maximum absolute atomic E-state index is 13.8. The fraction of sp³-hybridized carbons (Fsp3) is 0.200. The Morgan fingerprint density at radius 3 is 2.20 bits per heavy atom. The van der Waals surface area contributed by atoms with Crippen LogP contribution in [0.15, 0.2) is 72.8 Å². The zero-order chi connectivity index (χ0) is 21.5. The number of carbonyl (C=O) groups is 1. The first-order chi connectivity index (χ1) is 14.3. The lowest BCUT2D eigenvalue weighted by Gasteiger charge is -2.35. The normalized spacial score (nSPS) is 17.8. The third kappa shape index (κ3) is 3.32. The zero-order valence-electron chi connectivity index (χ0n) is 17.1. The summed E-state index contributed by atoms with van der Waals surface area (Å²) in [4.78, 5) is 17.4. The molecule has 1 aliphatic heterocycles. The Bertz CT molecular complexity index is 1130. The van der Waals surface area contributed by atoms with Crippen LogP contribution < -0.4 is 9.80 Å². The van der Waals surface area contributed by atoms with Gasteiger partial charge in [0.2, 0.25) is 0 Å². The van der Waals surface area contributed by atoms with E-state index in [9.17, 15) is 4.79 Å². The summed E-state index contributed by atoms with van der Waals surface area (Å²) in [7, 11) is 0. The number of hydrogen-bond donors (Lipinski definition) is 0. The lowest BCUT2D eigenvalue weighted by molar-refractivity contribution is 0.254. The highest BCUT2D eigenvalue weighted by Gasteiger charge is 2.53. The zero-order valence-corrected chi connectivity index (χ0v) is 17.9. The predicted octanol–water partition coefficient (Wildman–Crippen LogP) is 6.49. The van der Waals surface area contributed by atoms with Gasteiger partial charge in [0.1, 0.15) is 0 Å². The number of carbonyl (C=O) groups excluding carboxylic acids is 1. The highest BCUT2D eigenvalue weighted by atomic mass is 35.5. The number of nitriles is 1. The van der Waals surface area contributed by atoms with Crippen LogP contribution >= 0.6 is 11.6 Å². The summed E-state index contributed by atoms with van der Waals surface area (Å²) in [6, 6.07) is 24.6. The molecule has 1 heterocycles. The number of urea groups is 1. The number of aryl methyl sites for hydroxylation is 1. The summed E-state index contributed by atoms with van der Waals surface area (Å²) < 4.78 is 0. The number of benzene rings is 3. The molecule has 4 rings (SSSR count). The van der Waals surface area contributed by atoms with E-state index >= 15 is 0 Å². The van der Waals surface area contributed by atoms with Gasteiger partial charge in [-0.15, -0.1) is 0 Å². The van der Waals surface area contributed by atoms with E-state index in [2.05, 4.69) is 45.0 Å². The first-order valence-electron chi connectivity index (χ1n) is 9.78. The van der Waals surface area contributed by atoms with E-state index in [0.29, 0.717) is 10.6 Å². The van der Waals surface area contributed by atoms with Crippen LogP contribution in [0.5, 0.6) is 0 Å². The highest BCUT2D eigenvalue weighted by molar-refractivity contribution is 6.30. The fourth-order valence-corrected chi connectivity index (χ4v) is 4.42. The monoisotopic (exact) mass is 415 g/mol. The van der Waals surface area contributed by atoms with Crippen molar-refractivity contribution in [2.24, 2.45) is 0 Å². The van der Waals surface area contributed by atoms with Crippen LogP contribution in [0.2, 0.25) is 5.02 Å². The van der Waals surface area contributed by atoms with Crippen LogP contribution in [0.3, 0.4) is 0 Å². The van der Waals surface area contributed by atoms with Crippen molar-refractivity contribution in [3.8, 4) is 6.07 Å². The number of halogens is 1. The molecule has 2 amide bonds. The molecule has 1 fully saturated rings. The van der Waals surface area contributed by atoms with Crippen molar-refractivity contribution < 1.29 is 4.79 Å². The van der Waals surface area contributed by atoms with Gasteiger partial charge in [0.15, 0.2) is 0 Å². The van der Waals surface area contributed by atoms with Crippen molar-refractivity contribution in [3.05, 3.63) is 94.5 Å². The summed E-state index contributed by atoms with van der Waals surface area (Å²) in [5, 5.41) is 9.75. The molecule has 4 nitrogen and oxygen atoms in total. The van der Waals surface area contributed by atoms with Crippen LogP contribution in [-0.4, -0.2) is 11.6 Å². The lowest BCUT2D eigenvalue weighted by atomic mass is 9.87. The predicted molar refractivity (Wildman–Crippen MR) is 121 cm³/mol. The van der Waals surface area contributed by atoms with Gasteiger partial charge < -0.3 is 0 Å². The maximum Gasteiger partial charge on any atom is 0.330 e. The Morgan fingerprint density at radius 1 is 0.967 bits per heavy atom. The first kappa shape index (κ1) is 20.0. The number of rotatable bonds is 3.